The molecule has 0 aliphatic carbocycles. The third-order valence-electron chi connectivity index (χ3n) is 0.406. The summed E-state index contributed by atoms with van der Waals surface area (Å²) < 4.78 is 22.3. The predicted octanol–water partition coefficient (Wildman–Crippen LogP) is -0.179. The minimum absolute atomic E-state index is 0.419. The molecule has 1 radical (unpaired) electrons. The zero-order chi connectivity index (χ0) is 5.70. The zero-order valence-corrected chi connectivity index (χ0v) is 6.68. The van der Waals surface area contributed by atoms with Gasteiger partial charge in [-0.15, -0.1) is 0 Å². The van der Waals surface area contributed by atoms with Crippen molar-refractivity contribution in [2.24, 2.45) is 0 Å². The van der Waals surface area contributed by atoms with E-state index < -0.39 is 21.0 Å². The van der Waals surface area contributed by atoms with E-state index in [9.17, 15) is 3.02 Å². The van der Waals surface area contributed by atoms with E-state index in [2.05, 4.69) is 3.02 Å². The Morgan fingerprint density at radius 3 is 2.57 bits per heavy atom. The molecule has 0 atom stereocenters. The first-order chi connectivity index (χ1) is 3.27. The molecule has 0 saturated heterocycles. The molecule has 43 valence electrons. The summed E-state index contributed by atoms with van der Waals surface area (Å²) in [6.45, 7) is 2.31. The molecule has 0 aromatic heterocycles. The molecule has 0 fully saturated rings. The maximum atomic E-state index is 9.80. The molecule has 0 aromatic rings. The number of hydrogen-bond donors (Lipinski definition) is 1. The molecule has 4 heteroatoms. The van der Waals surface area contributed by atoms with E-state index in [4.69, 9.17) is 3.39 Å². The Labute approximate surface area is 50.8 Å². The van der Waals surface area contributed by atoms with Gasteiger partial charge in [-0.2, -0.15) is 0 Å². The van der Waals surface area contributed by atoms with E-state index >= 15 is 0 Å². The van der Waals surface area contributed by atoms with Crippen LogP contribution in [0.5, 0.6) is 0 Å². The molecule has 1 N–H and O–H groups in total. The summed E-state index contributed by atoms with van der Waals surface area (Å²) in [7, 11) is 0. The van der Waals surface area contributed by atoms with Crippen molar-refractivity contribution >= 4 is 21.0 Å². The van der Waals surface area contributed by atoms with Gasteiger partial charge in [-0.25, -0.2) is 0 Å². The van der Waals surface area contributed by atoms with Crippen LogP contribution >= 0.6 is 0 Å². The van der Waals surface area contributed by atoms with Crippen molar-refractivity contribution in [2.75, 3.05) is 6.61 Å². The van der Waals surface area contributed by atoms with E-state index in [1.807, 2.05) is 6.92 Å². The van der Waals surface area contributed by atoms with Crippen LogP contribution < -0.4 is 0 Å². The van der Waals surface area contributed by atoms with Crippen LogP contribution in [0.15, 0.2) is 0 Å². The molecule has 0 bridgehead atoms. The first-order valence-corrected chi connectivity index (χ1v) is 5.29. The average Bonchev–Trinajstić information content (AvgIpc) is 1.61. The first-order valence-electron chi connectivity index (χ1n) is 2.06. The van der Waals surface area contributed by atoms with Gasteiger partial charge in [-0.05, 0) is 0 Å². The summed E-state index contributed by atoms with van der Waals surface area (Å²) in [5, 5.41) is 0. The van der Waals surface area contributed by atoms with E-state index in [1.54, 1.807) is 0 Å². The van der Waals surface area contributed by atoms with Crippen LogP contribution in [0.2, 0.25) is 0 Å². The van der Waals surface area contributed by atoms with Gasteiger partial charge in [-0.1, -0.05) is 0 Å². The Morgan fingerprint density at radius 1 is 1.86 bits per heavy atom. The Morgan fingerprint density at radius 2 is 2.43 bits per heavy atom. The Hall–Kier alpha value is 0.538. The fourth-order valence-corrected chi connectivity index (χ4v) is 1.14. The van der Waals surface area contributed by atoms with E-state index in [-0.39, 0.29) is 0 Å². The van der Waals surface area contributed by atoms with Crippen LogP contribution in [-0.4, -0.2) is 31.0 Å². The maximum absolute atomic E-state index is 9.80. The molecule has 0 saturated carbocycles. The molecule has 0 rings (SSSR count). The summed E-state index contributed by atoms with van der Waals surface area (Å²) >= 11 is -3.29. The van der Waals surface area contributed by atoms with Gasteiger partial charge in [0.15, 0.2) is 0 Å². The van der Waals surface area contributed by atoms with Gasteiger partial charge in [0.2, 0.25) is 0 Å². The normalized spacial score (nSPS) is 8.86. The quantitative estimate of drug-likeness (QED) is 0.662. The molecule has 0 heterocycles. The van der Waals surface area contributed by atoms with Gasteiger partial charge >= 0.3 is 50.4 Å². The molecular weight excluding hydrogens is 206 g/mol. The fourth-order valence-electron chi connectivity index (χ4n) is 0.169. The fraction of sp³-hybridized carbons (Fsp3) is 1.00. The van der Waals surface area contributed by atoms with Gasteiger partial charge in [0.1, 0.15) is 0 Å². The van der Waals surface area contributed by atoms with E-state index in [0.717, 1.165) is 6.42 Å². The van der Waals surface area contributed by atoms with Gasteiger partial charge in [0, 0.05) is 0 Å². The van der Waals surface area contributed by atoms with Gasteiger partial charge in [0.25, 0.3) is 0 Å². The first kappa shape index (κ1) is 7.54. The number of hydrogen-bond acceptors (Lipinski definition) is 2. The molecule has 0 amide bonds. The summed E-state index contributed by atoms with van der Waals surface area (Å²) in [5.74, 6) is 0. The van der Waals surface area contributed by atoms with Crippen molar-refractivity contribution in [1.82, 2.24) is 0 Å². The van der Waals surface area contributed by atoms with Crippen LogP contribution in [0.25, 0.3) is 0 Å². The van der Waals surface area contributed by atoms with Crippen molar-refractivity contribution in [1.29, 1.82) is 0 Å². The van der Waals surface area contributed by atoms with Crippen LogP contribution in [0.3, 0.4) is 0 Å². The standard InChI is InChI=1S/C3H7O.H2O.O.Sb/c1-2-3-4;;;/h2-3H2,1H3;1H2;;/q-1;;;+2/p-1. The second-order valence-electron chi connectivity index (χ2n) is 1.07. The van der Waals surface area contributed by atoms with Crippen molar-refractivity contribution < 1.29 is 9.42 Å². The van der Waals surface area contributed by atoms with Gasteiger partial charge in [0.05, 0.1) is 0 Å². The van der Waals surface area contributed by atoms with Crippen molar-refractivity contribution in [3.8, 4) is 0 Å². The molecule has 0 aromatic carbocycles. The van der Waals surface area contributed by atoms with Crippen molar-refractivity contribution in [2.45, 2.75) is 13.3 Å². The minimum atomic E-state index is -3.29. The van der Waals surface area contributed by atoms with Crippen molar-refractivity contribution in [3.05, 3.63) is 0 Å². The van der Waals surface area contributed by atoms with Gasteiger partial charge in [-0.3, -0.25) is 0 Å². The monoisotopic (exact) mass is 213 g/mol. The van der Waals surface area contributed by atoms with Crippen LogP contribution in [0.4, 0.5) is 0 Å². The molecule has 0 spiro atoms. The molecule has 0 unspecified atom stereocenters. The van der Waals surface area contributed by atoms with Crippen LogP contribution in [-0.2, 0) is 6.03 Å². The Bertz CT molecular complexity index is 63.2. The summed E-state index contributed by atoms with van der Waals surface area (Å²) in [5.41, 5.74) is 0. The third kappa shape index (κ3) is 6.54. The van der Waals surface area contributed by atoms with E-state index in [1.165, 1.54) is 0 Å². The Kier molecular flexibility index (Phi) is 5.05. The van der Waals surface area contributed by atoms with Crippen LogP contribution in [0.1, 0.15) is 13.3 Å². The molecule has 0 aliphatic heterocycles. The number of rotatable bonds is 3. The molecule has 0 aliphatic rings. The van der Waals surface area contributed by atoms with Gasteiger partial charge < -0.3 is 0 Å². The summed E-state index contributed by atoms with van der Waals surface area (Å²) in [4.78, 5) is 0. The topological polar surface area (TPSA) is 46.5 Å². The SMILES string of the molecule is CCC[O][Sb](=[O])[OH]. The Balaban J connectivity index is 2.82. The summed E-state index contributed by atoms with van der Waals surface area (Å²) in [6, 6.07) is 0. The zero-order valence-electron chi connectivity index (χ0n) is 4.13. The average molecular weight is 214 g/mol. The van der Waals surface area contributed by atoms with Crippen LogP contribution in [0, 0.1) is 0 Å². The second-order valence-corrected chi connectivity index (χ2v) is 3.17. The third-order valence-corrected chi connectivity index (χ3v) is 1.56. The van der Waals surface area contributed by atoms with E-state index in [0.29, 0.717) is 6.61 Å². The van der Waals surface area contributed by atoms with Crippen molar-refractivity contribution in [3.63, 3.8) is 0 Å². The molecular formula is C3H8O3Sb. The molecule has 3 nitrogen and oxygen atoms in total. The second kappa shape index (κ2) is 4.69. The molecule has 7 heavy (non-hydrogen) atoms. The predicted molar refractivity (Wildman–Crippen MR) is 24.9 cm³/mol. The summed E-state index contributed by atoms with van der Waals surface area (Å²) in [6.07, 6.45) is 0.809.